The SMILES string of the molecule is CC(=O)C(=O)[C@H]1C[C@H]2C=C[C@@H]1C2. The van der Waals surface area contributed by atoms with Crippen molar-refractivity contribution in [2.45, 2.75) is 19.8 Å². The number of carbonyl (C=O) groups is 2. The van der Waals surface area contributed by atoms with E-state index in [1.165, 1.54) is 6.92 Å². The lowest BCUT2D eigenvalue weighted by molar-refractivity contribution is -0.138. The molecule has 0 aromatic carbocycles. The summed E-state index contributed by atoms with van der Waals surface area (Å²) in [6.45, 7) is 1.37. The van der Waals surface area contributed by atoms with Gasteiger partial charge in [0.05, 0.1) is 0 Å². The Morgan fingerprint density at radius 1 is 1.25 bits per heavy atom. The zero-order chi connectivity index (χ0) is 8.72. The number of carbonyl (C=O) groups excluding carboxylic acids is 2. The van der Waals surface area contributed by atoms with Crippen LogP contribution in [0.4, 0.5) is 0 Å². The maximum Gasteiger partial charge on any atom is 0.201 e. The molecule has 1 fully saturated rings. The standard InChI is InChI=1S/C10H12O2/c1-6(11)10(12)9-5-7-2-3-8(9)4-7/h2-3,7-9H,4-5H2,1H3/t7-,8+,9-/m0/s1. The van der Waals surface area contributed by atoms with Crippen molar-refractivity contribution >= 4 is 11.6 Å². The van der Waals surface area contributed by atoms with Crippen LogP contribution in [0.15, 0.2) is 12.2 Å². The molecule has 64 valence electrons. The van der Waals surface area contributed by atoms with E-state index in [4.69, 9.17) is 0 Å². The van der Waals surface area contributed by atoms with E-state index < -0.39 is 0 Å². The molecule has 2 aliphatic carbocycles. The molecular weight excluding hydrogens is 152 g/mol. The summed E-state index contributed by atoms with van der Waals surface area (Å²) in [6, 6.07) is 0. The monoisotopic (exact) mass is 164 g/mol. The van der Waals surface area contributed by atoms with E-state index in [1.807, 2.05) is 0 Å². The molecule has 0 radical (unpaired) electrons. The molecule has 0 heterocycles. The molecule has 1 saturated carbocycles. The van der Waals surface area contributed by atoms with Crippen molar-refractivity contribution in [3.8, 4) is 0 Å². The van der Waals surface area contributed by atoms with E-state index in [9.17, 15) is 9.59 Å². The van der Waals surface area contributed by atoms with Gasteiger partial charge in [-0.2, -0.15) is 0 Å². The predicted molar refractivity (Wildman–Crippen MR) is 44.5 cm³/mol. The first-order valence-electron chi connectivity index (χ1n) is 4.41. The van der Waals surface area contributed by atoms with Gasteiger partial charge in [-0.05, 0) is 24.7 Å². The molecule has 2 rings (SSSR count). The minimum Gasteiger partial charge on any atom is -0.291 e. The van der Waals surface area contributed by atoms with Crippen LogP contribution in [0, 0.1) is 17.8 Å². The van der Waals surface area contributed by atoms with Crippen LogP contribution in [-0.2, 0) is 9.59 Å². The maximum atomic E-state index is 11.4. The zero-order valence-corrected chi connectivity index (χ0v) is 7.12. The third kappa shape index (κ3) is 1.02. The van der Waals surface area contributed by atoms with Crippen molar-refractivity contribution < 1.29 is 9.59 Å². The van der Waals surface area contributed by atoms with Gasteiger partial charge in [-0.25, -0.2) is 0 Å². The maximum absolute atomic E-state index is 11.4. The van der Waals surface area contributed by atoms with Gasteiger partial charge in [0.25, 0.3) is 0 Å². The first-order chi connectivity index (χ1) is 5.68. The first kappa shape index (κ1) is 7.71. The van der Waals surface area contributed by atoms with E-state index in [0.29, 0.717) is 11.8 Å². The number of rotatable bonds is 2. The molecule has 0 unspecified atom stereocenters. The van der Waals surface area contributed by atoms with Gasteiger partial charge >= 0.3 is 0 Å². The van der Waals surface area contributed by atoms with Crippen LogP contribution in [0.2, 0.25) is 0 Å². The van der Waals surface area contributed by atoms with E-state index in [0.717, 1.165) is 12.8 Å². The van der Waals surface area contributed by atoms with E-state index in [2.05, 4.69) is 12.2 Å². The molecule has 2 bridgehead atoms. The van der Waals surface area contributed by atoms with Gasteiger partial charge in [-0.3, -0.25) is 9.59 Å². The molecule has 0 aromatic rings. The zero-order valence-electron chi connectivity index (χ0n) is 7.12. The predicted octanol–water partition coefficient (Wildman–Crippen LogP) is 1.36. The molecule has 2 aliphatic rings. The molecule has 0 aromatic heterocycles. The first-order valence-corrected chi connectivity index (χ1v) is 4.41. The Morgan fingerprint density at radius 2 is 2.00 bits per heavy atom. The number of hydrogen-bond acceptors (Lipinski definition) is 2. The molecule has 0 aliphatic heterocycles. The molecule has 0 amide bonds. The summed E-state index contributed by atoms with van der Waals surface area (Å²) >= 11 is 0. The van der Waals surface area contributed by atoms with Gasteiger partial charge in [0.1, 0.15) is 0 Å². The van der Waals surface area contributed by atoms with Crippen LogP contribution < -0.4 is 0 Å². The van der Waals surface area contributed by atoms with Crippen molar-refractivity contribution in [2.75, 3.05) is 0 Å². The molecule has 12 heavy (non-hydrogen) atoms. The van der Waals surface area contributed by atoms with Gasteiger partial charge in [-0.15, -0.1) is 0 Å². The highest BCUT2D eigenvalue weighted by Crippen LogP contribution is 2.43. The lowest BCUT2D eigenvalue weighted by Gasteiger charge is -2.14. The number of hydrogen-bond donors (Lipinski definition) is 0. The molecular formula is C10H12O2. The average molecular weight is 164 g/mol. The van der Waals surface area contributed by atoms with Crippen LogP contribution >= 0.6 is 0 Å². The fourth-order valence-electron chi connectivity index (χ4n) is 2.34. The third-order valence-corrected chi connectivity index (χ3v) is 2.96. The van der Waals surface area contributed by atoms with Crippen molar-refractivity contribution in [3.63, 3.8) is 0 Å². The highest BCUT2D eigenvalue weighted by Gasteiger charge is 2.40. The van der Waals surface area contributed by atoms with Crippen molar-refractivity contribution in [1.82, 2.24) is 0 Å². The Labute approximate surface area is 71.6 Å². The topological polar surface area (TPSA) is 34.1 Å². The summed E-state index contributed by atoms with van der Waals surface area (Å²) in [4.78, 5) is 22.2. The lowest BCUT2D eigenvalue weighted by atomic mass is 9.88. The highest BCUT2D eigenvalue weighted by atomic mass is 16.2. The van der Waals surface area contributed by atoms with Gasteiger partial charge in [-0.1, -0.05) is 12.2 Å². The van der Waals surface area contributed by atoms with Crippen molar-refractivity contribution in [1.29, 1.82) is 0 Å². The molecule has 0 spiro atoms. The quantitative estimate of drug-likeness (QED) is 0.456. The minimum absolute atomic E-state index is 0.0116. The Morgan fingerprint density at radius 3 is 2.42 bits per heavy atom. The van der Waals surface area contributed by atoms with Crippen LogP contribution in [0.1, 0.15) is 19.8 Å². The second-order valence-corrected chi connectivity index (χ2v) is 3.81. The molecule has 0 N–H and O–H groups in total. The fourth-order valence-corrected chi connectivity index (χ4v) is 2.34. The second kappa shape index (κ2) is 2.54. The minimum atomic E-state index is -0.277. The Bertz CT molecular complexity index is 265. The normalized spacial score (nSPS) is 37.2. The molecule has 3 atom stereocenters. The van der Waals surface area contributed by atoms with Gasteiger partial charge < -0.3 is 0 Å². The fraction of sp³-hybridized carbons (Fsp3) is 0.600. The van der Waals surface area contributed by atoms with E-state index in [1.54, 1.807) is 0 Å². The summed E-state index contributed by atoms with van der Waals surface area (Å²) in [5.41, 5.74) is 0. The van der Waals surface area contributed by atoms with Crippen LogP contribution in [-0.4, -0.2) is 11.6 Å². The average Bonchev–Trinajstić information content (AvgIpc) is 2.62. The second-order valence-electron chi connectivity index (χ2n) is 3.81. The lowest BCUT2D eigenvalue weighted by Crippen LogP contribution is -2.24. The number of ketones is 2. The van der Waals surface area contributed by atoms with E-state index >= 15 is 0 Å². The number of Topliss-reactive ketones (excluding diaryl/α,β-unsaturated/α-hetero) is 2. The number of allylic oxidation sites excluding steroid dienone is 2. The molecule has 2 heteroatoms. The van der Waals surface area contributed by atoms with Gasteiger partial charge in [0.15, 0.2) is 5.78 Å². The van der Waals surface area contributed by atoms with Crippen LogP contribution in [0.25, 0.3) is 0 Å². The summed E-state index contributed by atoms with van der Waals surface area (Å²) in [6.07, 6.45) is 6.26. The molecule has 0 saturated heterocycles. The Kier molecular flexibility index (Phi) is 1.63. The summed E-state index contributed by atoms with van der Waals surface area (Å²) in [7, 11) is 0. The van der Waals surface area contributed by atoms with Crippen LogP contribution in [0.3, 0.4) is 0 Å². The van der Waals surface area contributed by atoms with E-state index in [-0.39, 0.29) is 17.5 Å². The summed E-state index contributed by atoms with van der Waals surface area (Å²) in [5.74, 6) is 0.514. The molecule has 2 nitrogen and oxygen atoms in total. The number of fused-ring (bicyclic) bond motifs is 2. The smallest absolute Gasteiger partial charge is 0.201 e. The summed E-state index contributed by atoms with van der Waals surface area (Å²) < 4.78 is 0. The highest BCUT2D eigenvalue weighted by molar-refractivity contribution is 6.37. The van der Waals surface area contributed by atoms with Gasteiger partial charge in [0.2, 0.25) is 5.78 Å². The third-order valence-electron chi connectivity index (χ3n) is 2.96. The largest absolute Gasteiger partial charge is 0.291 e. The van der Waals surface area contributed by atoms with Crippen molar-refractivity contribution in [3.05, 3.63) is 12.2 Å². The van der Waals surface area contributed by atoms with Crippen LogP contribution in [0.5, 0.6) is 0 Å². The van der Waals surface area contributed by atoms with Gasteiger partial charge in [0, 0.05) is 12.8 Å². The summed E-state index contributed by atoms with van der Waals surface area (Å²) in [5, 5.41) is 0. The Balaban J connectivity index is 2.13. The Hall–Kier alpha value is -0.920. The van der Waals surface area contributed by atoms with Crippen molar-refractivity contribution in [2.24, 2.45) is 17.8 Å².